The molecule has 0 N–H and O–H groups in total. The number of carbonyl (C=O) groups is 1. The molecule has 7 unspecified atom stereocenters. The fraction of sp³-hybridized carbons (Fsp3) is 0.731. The van der Waals surface area contributed by atoms with Crippen molar-refractivity contribution in [2.75, 3.05) is 0 Å². The monoisotopic (exact) mass is 366 g/mol. The highest BCUT2D eigenvalue weighted by Crippen LogP contribution is 2.66. The predicted octanol–water partition coefficient (Wildman–Crippen LogP) is 6.76. The van der Waals surface area contributed by atoms with Crippen LogP contribution in [0, 0.1) is 46.3 Å². The SMILES string of the molecule is CC(C)C=CC(C)C1CCC2C3CCC4=CC(=O)C=CC4(C)C3CCC12C. The lowest BCUT2D eigenvalue weighted by atomic mass is 9.47. The standard InChI is InChI=1S/C26H38O/c1-17(2)6-7-18(3)22-10-11-23-21-9-8-19-16-20(27)12-14-25(19,4)24(21)13-15-26(22,23)5/h6-7,12,14,16-18,21-24H,8-11,13,15H2,1-5H3. The lowest BCUT2D eigenvalue weighted by Crippen LogP contribution is -2.50. The Hall–Kier alpha value is -1.11. The van der Waals surface area contributed by atoms with Crippen molar-refractivity contribution in [2.45, 2.75) is 73.1 Å². The van der Waals surface area contributed by atoms with Crippen molar-refractivity contribution in [1.82, 2.24) is 0 Å². The summed E-state index contributed by atoms with van der Waals surface area (Å²) in [5, 5.41) is 0. The number of ketones is 1. The van der Waals surface area contributed by atoms with Gasteiger partial charge in [-0.3, -0.25) is 4.79 Å². The minimum atomic E-state index is 0.138. The van der Waals surface area contributed by atoms with Gasteiger partial charge in [-0.1, -0.05) is 58.4 Å². The van der Waals surface area contributed by atoms with Crippen molar-refractivity contribution < 1.29 is 4.79 Å². The molecule has 1 heteroatoms. The van der Waals surface area contributed by atoms with Crippen molar-refractivity contribution in [3.8, 4) is 0 Å². The highest BCUT2D eigenvalue weighted by molar-refractivity contribution is 6.01. The van der Waals surface area contributed by atoms with Crippen molar-refractivity contribution >= 4 is 5.78 Å². The van der Waals surface area contributed by atoms with Gasteiger partial charge in [-0.05, 0) is 91.6 Å². The lowest BCUT2D eigenvalue weighted by Gasteiger charge is -2.57. The highest BCUT2D eigenvalue weighted by Gasteiger charge is 2.58. The Labute approximate surface area is 166 Å². The van der Waals surface area contributed by atoms with Crippen LogP contribution in [0.2, 0.25) is 0 Å². The van der Waals surface area contributed by atoms with Crippen LogP contribution in [0.4, 0.5) is 0 Å². The summed E-state index contributed by atoms with van der Waals surface area (Å²) in [4.78, 5) is 11.9. The maximum Gasteiger partial charge on any atom is 0.178 e. The van der Waals surface area contributed by atoms with Gasteiger partial charge >= 0.3 is 0 Å². The fourth-order valence-electron chi connectivity index (χ4n) is 7.63. The van der Waals surface area contributed by atoms with Gasteiger partial charge in [0.15, 0.2) is 5.78 Å². The van der Waals surface area contributed by atoms with E-state index in [4.69, 9.17) is 0 Å². The number of hydrogen-bond acceptors (Lipinski definition) is 1. The lowest BCUT2D eigenvalue weighted by molar-refractivity contribution is -0.111. The van der Waals surface area contributed by atoms with E-state index in [9.17, 15) is 4.79 Å². The van der Waals surface area contributed by atoms with Gasteiger partial charge in [0.25, 0.3) is 0 Å². The summed E-state index contributed by atoms with van der Waals surface area (Å²) < 4.78 is 0. The second kappa shape index (κ2) is 6.75. The molecule has 3 saturated carbocycles. The minimum absolute atomic E-state index is 0.138. The van der Waals surface area contributed by atoms with Gasteiger partial charge in [-0.25, -0.2) is 0 Å². The molecule has 0 radical (unpaired) electrons. The van der Waals surface area contributed by atoms with Gasteiger partial charge < -0.3 is 0 Å². The summed E-state index contributed by atoms with van der Waals surface area (Å²) in [6, 6.07) is 0. The average molecular weight is 367 g/mol. The maximum atomic E-state index is 11.9. The Morgan fingerprint density at radius 3 is 2.56 bits per heavy atom. The molecule has 4 aliphatic rings. The fourth-order valence-corrected chi connectivity index (χ4v) is 7.63. The smallest absolute Gasteiger partial charge is 0.178 e. The summed E-state index contributed by atoms with van der Waals surface area (Å²) in [6.07, 6.45) is 18.9. The van der Waals surface area contributed by atoms with Crippen LogP contribution in [0.3, 0.4) is 0 Å². The molecule has 0 aromatic carbocycles. The molecule has 1 nitrogen and oxygen atoms in total. The van der Waals surface area contributed by atoms with E-state index in [0.29, 0.717) is 17.3 Å². The van der Waals surface area contributed by atoms with Gasteiger partial charge in [0.1, 0.15) is 0 Å². The van der Waals surface area contributed by atoms with E-state index < -0.39 is 0 Å². The van der Waals surface area contributed by atoms with Gasteiger partial charge in [-0.15, -0.1) is 0 Å². The number of rotatable bonds is 3. The second-order valence-electron chi connectivity index (χ2n) is 10.8. The second-order valence-corrected chi connectivity index (χ2v) is 10.8. The Balaban J connectivity index is 1.58. The van der Waals surface area contributed by atoms with Crippen LogP contribution in [0.5, 0.6) is 0 Å². The van der Waals surface area contributed by atoms with Crippen LogP contribution in [-0.2, 0) is 4.79 Å². The third-order valence-electron chi connectivity index (χ3n) is 9.06. The van der Waals surface area contributed by atoms with Gasteiger partial charge in [0, 0.05) is 5.41 Å². The van der Waals surface area contributed by atoms with Crippen molar-refractivity contribution in [3.05, 3.63) is 36.0 Å². The molecule has 0 aromatic rings. The Kier molecular flexibility index (Phi) is 4.80. The Morgan fingerprint density at radius 1 is 1.04 bits per heavy atom. The van der Waals surface area contributed by atoms with E-state index in [1.54, 1.807) is 0 Å². The first kappa shape index (κ1) is 19.2. The highest BCUT2D eigenvalue weighted by atomic mass is 16.1. The van der Waals surface area contributed by atoms with E-state index in [0.717, 1.165) is 30.1 Å². The van der Waals surface area contributed by atoms with Crippen LogP contribution < -0.4 is 0 Å². The number of allylic oxidation sites excluding steroid dienone is 6. The van der Waals surface area contributed by atoms with E-state index in [2.05, 4.69) is 52.8 Å². The summed E-state index contributed by atoms with van der Waals surface area (Å²) in [5.74, 6) is 4.84. The molecule has 7 atom stereocenters. The molecule has 0 saturated heterocycles. The van der Waals surface area contributed by atoms with Crippen LogP contribution in [-0.4, -0.2) is 5.78 Å². The molecule has 0 aromatic heterocycles. The Morgan fingerprint density at radius 2 is 1.81 bits per heavy atom. The summed E-state index contributed by atoms with van der Waals surface area (Å²) in [7, 11) is 0. The zero-order valence-corrected chi connectivity index (χ0v) is 18.0. The molecule has 3 fully saturated rings. The molecule has 4 aliphatic carbocycles. The summed E-state index contributed by atoms with van der Waals surface area (Å²) in [5.41, 5.74) is 2.07. The largest absolute Gasteiger partial charge is 0.290 e. The molecule has 27 heavy (non-hydrogen) atoms. The van der Waals surface area contributed by atoms with Crippen molar-refractivity contribution in [2.24, 2.45) is 46.3 Å². The van der Waals surface area contributed by atoms with Crippen molar-refractivity contribution in [1.29, 1.82) is 0 Å². The maximum absolute atomic E-state index is 11.9. The van der Waals surface area contributed by atoms with Crippen LogP contribution in [0.25, 0.3) is 0 Å². The summed E-state index contributed by atoms with van der Waals surface area (Å²) >= 11 is 0. The molecule has 148 valence electrons. The molecule has 0 heterocycles. The first-order valence-electron chi connectivity index (χ1n) is 11.4. The van der Waals surface area contributed by atoms with E-state index in [-0.39, 0.29) is 11.2 Å². The topological polar surface area (TPSA) is 17.1 Å². The molecule has 0 spiro atoms. The first-order valence-corrected chi connectivity index (χ1v) is 11.4. The van der Waals surface area contributed by atoms with Crippen LogP contribution >= 0.6 is 0 Å². The number of fused-ring (bicyclic) bond motifs is 5. The third-order valence-corrected chi connectivity index (χ3v) is 9.06. The molecule has 4 rings (SSSR count). The van der Waals surface area contributed by atoms with Gasteiger partial charge in [0.2, 0.25) is 0 Å². The molecule has 0 aliphatic heterocycles. The normalized spacial score (nSPS) is 44.8. The zero-order chi connectivity index (χ0) is 19.4. The zero-order valence-electron chi connectivity index (χ0n) is 18.0. The number of hydrogen-bond donors (Lipinski definition) is 0. The van der Waals surface area contributed by atoms with Crippen LogP contribution in [0.15, 0.2) is 36.0 Å². The molecule has 0 amide bonds. The average Bonchev–Trinajstić information content (AvgIpc) is 2.97. The molecule has 0 bridgehead atoms. The minimum Gasteiger partial charge on any atom is -0.290 e. The van der Waals surface area contributed by atoms with Gasteiger partial charge in [0.05, 0.1) is 0 Å². The molecular weight excluding hydrogens is 328 g/mol. The Bertz CT molecular complexity index is 695. The first-order chi connectivity index (χ1) is 12.8. The van der Waals surface area contributed by atoms with Crippen LogP contribution in [0.1, 0.15) is 73.1 Å². The molecular formula is C26H38O. The van der Waals surface area contributed by atoms with E-state index >= 15 is 0 Å². The van der Waals surface area contributed by atoms with Gasteiger partial charge in [-0.2, -0.15) is 0 Å². The van der Waals surface area contributed by atoms with Crippen molar-refractivity contribution in [3.63, 3.8) is 0 Å². The quantitative estimate of drug-likeness (QED) is 0.504. The number of carbonyl (C=O) groups excluding carboxylic acids is 1. The van der Waals surface area contributed by atoms with E-state index in [1.165, 1.54) is 37.7 Å². The van der Waals surface area contributed by atoms with E-state index in [1.807, 2.05) is 12.2 Å². The predicted molar refractivity (Wildman–Crippen MR) is 113 cm³/mol. The summed E-state index contributed by atoms with van der Waals surface area (Å²) in [6.45, 7) is 12.1. The third kappa shape index (κ3) is 3.00.